The van der Waals surface area contributed by atoms with E-state index in [0.717, 1.165) is 16.7 Å². The van der Waals surface area contributed by atoms with Crippen LogP contribution in [0.3, 0.4) is 0 Å². The van der Waals surface area contributed by atoms with E-state index in [0.29, 0.717) is 31.5 Å². The second-order valence-corrected chi connectivity index (χ2v) is 6.15. The molecule has 0 bridgehead atoms. The summed E-state index contributed by atoms with van der Waals surface area (Å²) in [6, 6.07) is 20.3. The van der Waals surface area contributed by atoms with Gasteiger partial charge < -0.3 is 15.4 Å². The van der Waals surface area contributed by atoms with Gasteiger partial charge in [0.25, 0.3) is 0 Å². The van der Waals surface area contributed by atoms with Crippen LogP contribution in [0.5, 0.6) is 5.88 Å². The smallest absolute Gasteiger partial charge is 0.218 e. The topological polar surface area (TPSA) is 58.5 Å². The van der Waals surface area contributed by atoms with Crippen molar-refractivity contribution in [3.63, 3.8) is 0 Å². The van der Waals surface area contributed by atoms with Crippen molar-refractivity contribution in [3.05, 3.63) is 95.4 Å². The molecule has 0 aliphatic carbocycles. The van der Waals surface area contributed by atoms with Gasteiger partial charge in [-0.15, -0.1) is 0 Å². The van der Waals surface area contributed by atoms with Crippen molar-refractivity contribution >= 4 is 5.96 Å². The summed E-state index contributed by atoms with van der Waals surface area (Å²) in [5.74, 6) is 0.944. The highest BCUT2D eigenvalue weighted by molar-refractivity contribution is 5.79. The Morgan fingerprint density at radius 1 is 0.964 bits per heavy atom. The molecule has 3 rings (SSSR count). The van der Waals surface area contributed by atoms with Gasteiger partial charge in [0.15, 0.2) is 5.96 Å². The number of rotatable bonds is 7. The summed E-state index contributed by atoms with van der Waals surface area (Å²) in [7, 11) is 1.69. The third-order valence-electron chi connectivity index (χ3n) is 4.09. The minimum absolute atomic E-state index is 0.252. The number of pyridine rings is 1. The molecule has 0 saturated heterocycles. The Kier molecular flexibility index (Phi) is 6.95. The van der Waals surface area contributed by atoms with Crippen LogP contribution in [0.1, 0.15) is 16.7 Å². The van der Waals surface area contributed by atoms with Gasteiger partial charge in [0.05, 0.1) is 0 Å². The van der Waals surface area contributed by atoms with Crippen LogP contribution in [0.4, 0.5) is 4.39 Å². The van der Waals surface area contributed by atoms with Crippen molar-refractivity contribution in [2.24, 2.45) is 4.99 Å². The van der Waals surface area contributed by atoms with Gasteiger partial charge in [0.2, 0.25) is 5.88 Å². The molecule has 0 radical (unpaired) electrons. The van der Waals surface area contributed by atoms with Crippen molar-refractivity contribution in [3.8, 4) is 5.88 Å². The molecule has 5 nitrogen and oxygen atoms in total. The quantitative estimate of drug-likeness (QED) is 0.487. The predicted octanol–water partition coefficient (Wildman–Crippen LogP) is 3.66. The first-order valence-electron chi connectivity index (χ1n) is 9.04. The minimum atomic E-state index is -0.252. The number of nitrogens with one attached hydrogen (secondary N) is 2. The van der Waals surface area contributed by atoms with Gasteiger partial charge in [-0.1, -0.05) is 48.5 Å². The van der Waals surface area contributed by atoms with Crippen molar-refractivity contribution in [1.29, 1.82) is 0 Å². The van der Waals surface area contributed by atoms with Crippen molar-refractivity contribution in [2.45, 2.75) is 19.7 Å². The molecule has 0 saturated carbocycles. The van der Waals surface area contributed by atoms with Crippen molar-refractivity contribution in [1.82, 2.24) is 15.6 Å². The van der Waals surface area contributed by atoms with Crippen LogP contribution in [-0.4, -0.2) is 18.0 Å². The largest absolute Gasteiger partial charge is 0.473 e. The van der Waals surface area contributed by atoms with Crippen LogP contribution in [0.2, 0.25) is 0 Å². The van der Waals surface area contributed by atoms with Crippen LogP contribution in [0.15, 0.2) is 77.9 Å². The summed E-state index contributed by atoms with van der Waals surface area (Å²) < 4.78 is 19.2. The van der Waals surface area contributed by atoms with Crippen molar-refractivity contribution in [2.75, 3.05) is 7.05 Å². The highest BCUT2D eigenvalue weighted by Crippen LogP contribution is 2.16. The molecular weight excluding hydrogens is 355 g/mol. The first kappa shape index (κ1) is 19.4. The summed E-state index contributed by atoms with van der Waals surface area (Å²) in [6.45, 7) is 1.43. The fraction of sp³-hybridized carbons (Fsp3) is 0.182. The summed E-state index contributed by atoms with van der Waals surface area (Å²) in [4.78, 5) is 8.54. The fourth-order valence-corrected chi connectivity index (χ4v) is 2.65. The van der Waals surface area contributed by atoms with E-state index in [-0.39, 0.29) is 5.82 Å². The molecule has 0 atom stereocenters. The highest BCUT2D eigenvalue weighted by Gasteiger charge is 2.07. The van der Waals surface area contributed by atoms with E-state index in [2.05, 4.69) is 20.6 Å². The van der Waals surface area contributed by atoms with E-state index in [4.69, 9.17) is 4.74 Å². The molecule has 0 amide bonds. The van der Waals surface area contributed by atoms with Crippen LogP contribution < -0.4 is 15.4 Å². The Labute approximate surface area is 164 Å². The van der Waals surface area contributed by atoms with Gasteiger partial charge >= 0.3 is 0 Å². The number of guanidine groups is 1. The van der Waals surface area contributed by atoms with E-state index in [1.54, 1.807) is 19.3 Å². The Balaban J connectivity index is 1.55. The summed E-state index contributed by atoms with van der Waals surface area (Å²) in [5.41, 5.74) is 2.85. The number of aromatic nitrogens is 1. The monoisotopic (exact) mass is 378 g/mol. The molecule has 0 fully saturated rings. The molecule has 144 valence electrons. The van der Waals surface area contributed by atoms with E-state index in [1.165, 1.54) is 12.1 Å². The fourth-order valence-electron chi connectivity index (χ4n) is 2.65. The summed E-state index contributed by atoms with van der Waals surface area (Å²) in [5, 5.41) is 6.41. The molecule has 1 heterocycles. The van der Waals surface area contributed by atoms with Crippen LogP contribution in [-0.2, 0) is 19.7 Å². The first-order chi connectivity index (χ1) is 13.7. The van der Waals surface area contributed by atoms with Crippen LogP contribution in [0, 0.1) is 5.82 Å². The SMILES string of the molecule is CN=C(NCc1cccc(F)c1)NCc1cccnc1OCc1ccccc1. The molecule has 2 N–H and O–H groups in total. The molecule has 0 unspecified atom stereocenters. The van der Waals surface area contributed by atoms with Gasteiger partial charge in [0.1, 0.15) is 12.4 Å². The van der Waals surface area contributed by atoms with E-state index < -0.39 is 0 Å². The molecular formula is C22H23FN4O. The van der Waals surface area contributed by atoms with Gasteiger partial charge in [-0.05, 0) is 29.3 Å². The molecule has 3 aromatic rings. The maximum Gasteiger partial charge on any atom is 0.218 e. The zero-order valence-electron chi connectivity index (χ0n) is 15.7. The van der Waals surface area contributed by atoms with E-state index in [9.17, 15) is 4.39 Å². The van der Waals surface area contributed by atoms with Crippen LogP contribution in [0.25, 0.3) is 0 Å². The zero-order chi connectivity index (χ0) is 19.6. The average molecular weight is 378 g/mol. The molecule has 0 spiro atoms. The Morgan fingerprint density at radius 3 is 2.54 bits per heavy atom. The number of nitrogens with zero attached hydrogens (tertiary/aromatic N) is 2. The number of hydrogen-bond acceptors (Lipinski definition) is 3. The number of aliphatic imine (C=N–C) groups is 1. The number of benzene rings is 2. The highest BCUT2D eigenvalue weighted by atomic mass is 19.1. The number of hydrogen-bond donors (Lipinski definition) is 2. The Morgan fingerprint density at radius 2 is 1.75 bits per heavy atom. The second kappa shape index (κ2) is 10.1. The normalized spacial score (nSPS) is 11.1. The van der Waals surface area contributed by atoms with E-state index in [1.807, 2.05) is 48.5 Å². The first-order valence-corrected chi connectivity index (χ1v) is 9.04. The molecule has 1 aromatic heterocycles. The molecule has 6 heteroatoms. The van der Waals surface area contributed by atoms with E-state index >= 15 is 0 Å². The van der Waals surface area contributed by atoms with Gasteiger partial charge in [-0.2, -0.15) is 0 Å². The summed E-state index contributed by atoms with van der Waals surface area (Å²) >= 11 is 0. The average Bonchev–Trinajstić information content (AvgIpc) is 2.74. The summed E-state index contributed by atoms with van der Waals surface area (Å²) in [6.07, 6.45) is 1.71. The van der Waals surface area contributed by atoms with Crippen LogP contribution >= 0.6 is 0 Å². The minimum Gasteiger partial charge on any atom is -0.473 e. The Hall–Kier alpha value is -3.41. The second-order valence-electron chi connectivity index (χ2n) is 6.15. The van der Waals surface area contributed by atoms with Gasteiger partial charge in [-0.3, -0.25) is 4.99 Å². The maximum absolute atomic E-state index is 13.3. The molecule has 0 aliphatic rings. The standard InChI is InChI=1S/C22H23FN4O/c1-24-22(26-14-18-9-5-11-20(23)13-18)27-15-19-10-6-12-25-21(19)28-16-17-7-3-2-4-8-17/h2-13H,14-16H2,1H3,(H2,24,26,27). The Bertz CT molecular complexity index is 915. The van der Waals surface area contributed by atoms with Gasteiger partial charge in [-0.25, -0.2) is 9.37 Å². The number of halogens is 1. The third kappa shape index (κ3) is 5.81. The predicted molar refractivity (Wildman–Crippen MR) is 108 cm³/mol. The molecule has 2 aromatic carbocycles. The number of ether oxygens (including phenoxy) is 1. The maximum atomic E-state index is 13.3. The molecule has 0 aliphatic heterocycles. The lowest BCUT2D eigenvalue weighted by Crippen LogP contribution is -2.36. The molecule has 28 heavy (non-hydrogen) atoms. The van der Waals surface area contributed by atoms with Gasteiger partial charge in [0, 0.05) is 31.9 Å². The lowest BCUT2D eigenvalue weighted by molar-refractivity contribution is 0.290. The zero-order valence-corrected chi connectivity index (χ0v) is 15.7. The third-order valence-corrected chi connectivity index (χ3v) is 4.09. The van der Waals surface area contributed by atoms with Crippen molar-refractivity contribution < 1.29 is 9.13 Å². The lowest BCUT2D eigenvalue weighted by Gasteiger charge is -2.14. The lowest BCUT2D eigenvalue weighted by atomic mass is 10.2.